The normalized spacial score (nSPS) is 19.2. The first-order valence-corrected chi connectivity index (χ1v) is 6.76. The Bertz CT molecular complexity index is 483. The third-order valence-corrected chi connectivity index (χ3v) is 4.04. The molecule has 0 bridgehead atoms. The fourth-order valence-electron chi connectivity index (χ4n) is 1.77. The van der Waals surface area contributed by atoms with Gasteiger partial charge in [0.15, 0.2) is 0 Å². The Balaban J connectivity index is 1.98. The van der Waals surface area contributed by atoms with E-state index in [1.165, 1.54) is 0 Å². The molecular formula is C12H12BrClN2O2. The largest absolute Gasteiger partial charge is 0.355 e. The summed E-state index contributed by atoms with van der Waals surface area (Å²) in [7, 11) is 0. The van der Waals surface area contributed by atoms with Gasteiger partial charge in [-0.05, 0) is 40.5 Å². The summed E-state index contributed by atoms with van der Waals surface area (Å²) in [5.41, 5.74) is 0.688. The maximum atomic E-state index is 12.0. The first kappa shape index (κ1) is 13.4. The van der Waals surface area contributed by atoms with Gasteiger partial charge >= 0.3 is 0 Å². The molecule has 1 atom stereocenters. The van der Waals surface area contributed by atoms with Crippen molar-refractivity contribution in [2.24, 2.45) is 5.92 Å². The summed E-state index contributed by atoms with van der Waals surface area (Å²) in [6.07, 6.45) is 0.995. The van der Waals surface area contributed by atoms with Crippen LogP contribution in [0.4, 0.5) is 5.69 Å². The SMILES string of the molecule is O=C1CCC(C(=O)Nc2ccc(Cl)c(Br)c2)CN1. The molecule has 1 unspecified atom stereocenters. The molecule has 1 aliphatic heterocycles. The lowest BCUT2D eigenvalue weighted by Gasteiger charge is -2.21. The molecule has 2 amide bonds. The van der Waals surface area contributed by atoms with Crippen molar-refractivity contribution in [2.75, 3.05) is 11.9 Å². The number of benzene rings is 1. The first-order valence-electron chi connectivity index (χ1n) is 5.59. The van der Waals surface area contributed by atoms with Crippen LogP contribution in [-0.4, -0.2) is 18.4 Å². The summed E-state index contributed by atoms with van der Waals surface area (Å²) in [4.78, 5) is 23.0. The van der Waals surface area contributed by atoms with E-state index in [0.29, 0.717) is 30.1 Å². The van der Waals surface area contributed by atoms with Crippen molar-refractivity contribution in [3.8, 4) is 0 Å². The van der Waals surface area contributed by atoms with E-state index >= 15 is 0 Å². The highest BCUT2D eigenvalue weighted by molar-refractivity contribution is 9.10. The zero-order valence-corrected chi connectivity index (χ0v) is 11.8. The van der Waals surface area contributed by atoms with Crippen molar-refractivity contribution in [2.45, 2.75) is 12.8 Å². The van der Waals surface area contributed by atoms with Gasteiger partial charge in [0.25, 0.3) is 0 Å². The molecule has 1 aromatic rings. The highest BCUT2D eigenvalue weighted by atomic mass is 79.9. The van der Waals surface area contributed by atoms with E-state index in [0.717, 1.165) is 4.47 Å². The van der Waals surface area contributed by atoms with Gasteiger partial charge in [-0.3, -0.25) is 9.59 Å². The fourth-order valence-corrected chi connectivity index (χ4v) is 2.27. The molecule has 2 N–H and O–H groups in total. The number of nitrogens with one attached hydrogen (secondary N) is 2. The molecule has 1 fully saturated rings. The second-order valence-corrected chi connectivity index (χ2v) is 5.42. The zero-order valence-electron chi connectivity index (χ0n) is 9.50. The van der Waals surface area contributed by atoms with Gasteiger partial charge in [0, 0.05) is 23.1 Å². The quantitative estimate of drug-likeness (QED) is 0.875. The number of carbonyl (C=O) groups excluding carboxylic acids is 2. The van der Waals surface area contributed by atoms with E-state index in [1.54, 1.807) is 18.2 Å². The molecule has 1 aliphatic rings. The molecule has 1 saturated heterocycles. The van der Waals surface area contributed by atoms with Crippen LogP contribution in [0.25, 0.3) is 0 Å². The Morgan fingerprint density at radius 1 is 1.50 bits per heavy atom. The summed E-state index contributed by atoms with van der Waals surface area (Å²) in [5.74, 6) is -0.241. The highest BCUT2D eigenvalue weighted by Gasteiger charge is 2.24. The lowest BCUT2D eigenvalue weighted by molar-refractivity contribution is -0.126. The first-order chi connectivity index (χ1) is 8.56. The lowest BCUT2D eigenvalue weighted by atomic mass is 9.98. The van der Waals surface area contributed by atoms with Gasteiger partial charge in [-0.15, -0.1) is 0 Å². The van der Waals surface area contributed by atoms with Crippen molar-refractivity contribution in [1.29, 1.82) is 0 Å². The summed E-state index contributed by atoms with van der Waals surface area (Å²) >= 11 is 9.17. The molecule has 1 aromatic carbocycles. The van der Waals surface area contributed by atoms with Gasteiger partial charge in [0.2, 0.25) is 11.8 Å². The van der Waals surface area contributed by atoms with Crippen LogP contribution in [0.1, 0.15) is 12.8 Å². The number of halogens is 2. The summed E-state index contributed by atoms with van der Waals surface area (Å²) in [6.45, 7) is 0.402. The minimum absolute atomic E-state index is 0.00767. The van der Waals surface area contributed by atoms with Crippen LogP contribution in [0, 0.1) is 5.92 Å². The molecule has 2 rings (SSSR count). The van der Waals surface area contributed by atoms with E-state index in [4.69, 9.17) is 11.6 Å². The van der Waals surface area contributed by atoms with Gasteiger partial charge < -0.3 is 10.6 Å². The van der Waals surface area contributed by atoms with Crippen LogP contribution in [-0.2, 0) is 9.59 Å². The molecule has 0 spiro atoms. The molecule has 96 valence electrons. The molecule has 6 heteroatoms. The van der Waals surface area contributed by atoms with Gasteiger partial charge in [-0.1, -0.05) is 11.6 Å². The van der Waals surface area contributed by atoms with Crippen LogP contribution >= 0.6 is 27.5 Å². The number of amides is 2. The van der Waals surface area contributed by atoms with Gasteiger partial charge in [0.1, 0.15) is 0 Å². The van der Waals surface area contributed by atoms with Crippen molar-refractivity contribution in [3.05, 3.63) is 27.7 Å². The Kier molecular flexibility index (Phi) is 4.24. The van der Waals surface area contributed by atoms with Crippen LogP contribution in [0.5, 0.6) is 0 Å². The topological polar surface area (TPSA) is 58.2 Å². The molecule has 0 aliphatic carbocycles. The number of piperidine rings is 1. The lowest BCUT2D eigenvalue weighted by Crippen LogP contribution is -2.40. The Labute approximate surface area is 118 Å². The Morgan fingerprint density at radius 2 is 2.28 bits per heavy atom. The van der Waals surface area contributed by atoms with Crippen molar-refractivity contribution >= 4 is 45.0 Å². The van der Waals surface area contributed by atoms with Crippen molar-refractivity contribution in [1.82, 2.24) is 5.32 Å². The van der Waals surface area contributed by atoms with Gasteiger partial charge in [-0.2, -0.15) is 0 Å². The monoisotopic (exact) mass is 330 g/mol. The second-order valence-electron chi connectivity index (χ2n) is 4.16. The fraction of sp³-hybridized carbons (Fsp3) is 0.333. The molecule has 4 nitrogen and oxygen atoms in total. The second kappa shape index (κ2) is 5.71. The van der Waals surface area contributed by atoms with E-state index < -0.39 is 0 Å². The highest BCUT2D eigenvalue weighted by Crippen LogP contribution is 2.26. The zero-order chi connectivity index (χ0) is 13.1. The molecule has 0 saturated carbocycles. The number of hydrogen-bond donors (Lipinski definition) is 2. The van der Waals surface area contributed by atoms with Crippen LogP contribution in [0.3, 0.4) is 0 Å². The van der Waals surface area contributed by atoms with Gasteiger partial charge in [0.05, 0.1) is 10.9 Å². The molecule has 18 heavy (non-hydrogen) atoms. The predicted molar refractivity (Wildman–Crippen MR) is 73.5 cm³/mol. The number of rotatable bonds is 2. The molecule has 1 heterocycles. The van der Waals surface area contributed by atoms with E-state index in [1.807, 2.05) is 0 Å². The van der Waals surface area contributed by atoms with Gasteiger partial charge in [-0.25, -0.2) is 0 Å². The number of carbonyl (C=O) groups is 2. The Morgan fingerprint density at radius 3 is 2.89 bits per heavy atom. The minimum Gasteiger partial charge on any atom is -0.355 e. The van der Waals surface area contributed by atoms with E-state index in [-0.39, 0.29) is 17.7 Å². The summed E-state index contributed by atoms with van der Waals surface area (Å²) in [6, 6.07) is 5.21. The van der Waals surface area contributed by atoms with Crippen molar-refractivity contribution in [3.63, 3.8) is 0 Å². The maximum Gasteiger partial charge on any atom is 0.229 e. The van der Waals surface area contributed by atoms with E-state index in [9.17, 15) is 9.59 Å². The van der Waals surface area contributed by atoms with Crippen LogP contribution in [0.15, 0.2) is 22.7 Å². The smallest absolute Gasteiger partial charge is 0.229 e. The maximum absolute atomic E-state index is 12.0. The van der Waals surface area contributed by atoms with Crippen LogP contribution < -0.4 is 10.6 Å². The summed E-state index contributed by atoms with van der Waals surface area (Å²) in [5, 5.41) is 6.10. The number of anilines is 1. The molecule has 0 aromatic heterocycles. The average Bonchev–Trinajstić information content (AvgIpc) is 2.34. The number of hydrogen-bond acceptors (Lipinski definition) is 2. The third-order valence-electron chi connectivity index (χ3n) is 2.82. The minimum atomic E-state index is -0.169. The van der Waals surface area contributed by atoms with Crippen LogP contribution in [0.2, 0.25) is 5.02 Å². The molecule has 0 radical (unpaired) electrons. The standard InChI is InChI=1S/C12H12BrClN2O2/c13-9-5-8(2-3-10(9)14)16-12(18)7-1-4-11(17)15-6-7/h2-3,5,7H,1,4,6H2,(H,15,17)(H,16,18). The van der Waals surface area contributed by atoms with Crippen molar-refractivity contribution < 1.29 is 9.59 Å². The Hall–Kier alpha value is -1.07. The van der Waals surface area contributed by atoms with E-state index in [2.05, 4.69) is 26.6 Å². The predicted octanol–water partition coefficient (Wildman–Crippen LogP) is 2.57. The molecular weight excluding hydrogens is 320 g/mol. The summed E-state index contributed by atoms with van der Waals surface area (Å²) < 4.78 is 0.735. The average molecular weight is 332 g/mol. The third kappa shape index (κ3) is 3.23.